The van der Waals surface area contributed by atoms with Gasteiger partial charge < -0.3 is 9.31 Å². The van der Waals surface area contributed by atoms with Crippen LogP contribution in [0.25, 0.3) is 0 Å². The van der Waals surface area contributed by atoms with E-state index in [0.29, 0.717) is 11.7 Å². The van der Waals surface area contributed by atoms with Crippen molar-refractivity contribution in [1.29, 1.82) is 0 Å². The molecule has 0 amide bonds. The lowest BCUT2D eigenvalue weighted by Crippen LogP contribution is -2.41. The summed E-state index contributed by atoms with van der Waals surface area (Å²) >= 11 is 0. The molecule has 0 unspecified atom stereocenters. The molecule has 88 valence electrons. The van der Waals surface area contributed by atoms with Gasteiger partial charge in [-0.3, -0.25) is 0 Å². The number of hydrogen-bond acceptors (Lipinski definition) is 2. The lowest BCUT2D eigenvalue weighted by molar-refractivity contribution is 0.00578. The quantitative estimate of drug-likeness (QED) is 0.666. The summed E-state index contributed by atoms with van der Waals surface area (Å²) in [4.78, 5) is 0. The topological polar surface area (TPSA) is 18.5 Å². The van der Waals surface area contributed by atoms with E-state index in [1.165, 1.54) is 0 Å². The smallest absolute Gasteiger partial charge is 0.403 e. The van der Waals surface area contributed by atoms with Gasteiger partial charge in [0.2, 0.25) is 0 Å². The fourth-order valence-corrected chi connectivity index (χ4v) is 1.98. The van der Waals surface area contributed by atoms with E-state index in [2.05, 4.69) is 48.5 Å². The highest BCUT2D eigenvalue weighted by Crippen LogP contribution is 2.41. The summed E-state index contributed by atoms with van der Waals surface area (Å²) in [5.41, 5.74) is -0.383. The summed E-state index contributed by atoms with van der Waals surface area (Å²) in [7, 11) is -0.0441. The Hall–Kier alpha value is -0.0151. The normalized spacial score (nSPS) is 26.0. The predicted octanol–water partition coefficient (Wildman–Crippen LogP) is 3.51. The van der Waals surface area contributed by atoms with Crippen LogP contribution in [0.2, 0.25) is 5.82 Å². The third-order valence-electron chi connectivity index (χ3n) is 3.58. The molecule has 1 heterocycles. The highest BCUT2D eigenvalue weighted by atomic mass is 16.7. The minimum atomic E-state index is -0.192. The molecule has 1 rings (SSSR count). The zero-order valence-corrected chi connectivity index (χ0v) is 11.3. The maximum atomic E-state index is 6.00. The maximum absolute atomic E-state index is 6.00. The van der Waals surface area contributed by atoms with Gasteiger partial charge in [0, 0.05) is 0 Å². The first-order valence-corrected chi connectivity index (χ1v) is 6.01. The van der Waals surface area contributed by atoms with Gasteiger partial charge in [0.1, 0.15) is 0 Å². The van der Waals surface area contributed by atoms with Crippen LogP contribution in [-0.4, -0.2) is 18.3 Å². The van der Waals surface area contributed by atoms with Crippen LogP contribution in [0.3, 0.4) is 0 Å². The van der Waals surface area contributed by atoms with Crippen LogP contribution < -0.4 is 0 Å². The third kappa shape index (κ3) is 2.76. The highest BCUT2D eigenvalue weighted by Gasteiger charge is 2.52. The Morgan fingerprint density at radius 1 is 0.933 bits per heavy atom. The molecule has 1 fully saturated rings. The largest absolute Gasteiger partial charge is 0.460 e. The molecule has 3 heteroatoms. The maximum Gasteiger partial charge on any atom is 0.460 e. The lowest BCUT2D eigenvalue weighted by Gasteiger charge is -2.32. The monoisotopic (exact) mass is 212 g/mol. The van der Waals surface area contributed by atoms with E-state index < -0.39 is 0 Å². The molecule has 0 radical (unpaired) electrons. The first-order valence-electron chi connectivity index (χ1n) is 6.01. The van der Waals surface area contributed by atoms with Gasteiger partial charge in [0.05, 0.1) is 11.2 Å². The molecule has 0 aromatic heterocycles. The molecule has 0 aliphatic carbocycles. The molecular formula is C12H25BO2. The van der Waals surface area contributed by atoms with Crippen molar-refractivity contribution in [3.63, 3.8) is 0 Å². The third-order valence-corrected chi connectivity index (χ3v) is 3.58. The molecule has 15 heavy (non-hydrogen) atoms. The van der Waals surface area contributed by atoms with Gasteiger partial charge in [-0.25, -0.2) is 0 Å². The molecule has 1 saturated heterocycles. The Kier molecular flexibility index (Phi) is 3.57. The average molecular weight is 212 g/mol. The van der Waals surface area contributed by atoms with Gasteiger partial charge in [-0.05, 0) is 45.9 Å². The number of rotatable bonds is 3. The van der Waals surface area contributed by atoms with Crippen molar-refractivity contribution in [2.24, 2.45) is 5.92 Å². The molecule has 1 aliphatic rings. The summed E-state index contributed by atoms with van der Waals surface area (Å²) in [6.45, 7) is 15.1. The van der Waals surface area contributed by atoms with E-state index in [4.69, 9.17) is 9.31 Å². The van der Waals surface area contributed by atoms with E-state index in [-0.39, 0.29) is 18.3 Å². The van der Waals surface area contributed by atoms with Gasteiger partial charge >= 0.3 is 7.12 Å². The Morgan fingerprint density at radius 2 is 1.33 bits per heavy atom. The average Bonchev–Trinajstić information content (AvgIpc) is 2.20. The number of hydrogen-bond donors (Lipinski definition) is 0. The molecule has 0 N–H and O–H groups in total. The molecule has 1 atom stereocenters. The highest BCUT2D eigenvalue weighted by molar-refractivity contribution is 6.47. The summed E-state index contributed by atoms with van der Waals surface area (Å²) in [6.07, 6.45) is 1.15. The second-order valence-electron chi connectivity index (χ2n) is 6.23. The Balaban J connectivity index is 2.62. The second kappa shape index (κ2) is 4.10. The fraction of sp³-hybridized carbons (Fsp3) is 1.00. The second-order valence-corrected chi connectivity index (χ2v) is 6.23. The molecule has 0 aromatic carbocycles. The van der Waals surface area contributed by atoms with E-state index in [0.717, 1.165) is 6.42 Å². The fourth-order valence-electron chi connectivity index (χ4n) is 1.98. The summed E-state index contributed by atoms with van der Waals surface area (Å²) in [5.74, 6) is 1.16. The van der Waals surface area contributed by atoms with Crippen LogP contribution in [0.4, 0.5) is 0 Å². The summed E-state index contributed by atoms with van der Waals surface area (Å²) in [6, 6.07) is 0. The Morgan fingerprint density at radius 3 is 1.67 bits per heavy atom. The first kappa shape index (κ1) is 13.1. The van der Waals surface area contributed by atoms with Crippen molar-refractivity contribution in [3.8, 4) is 0 Å². The van der Waals surface area contributed by atoms with Crippen molar-refractivity contribution in [2.75, 3.05) is 0 Å². The minimum Gasteiger partial charge on any atom is -0.403 e. The molecule has 0 bridgehead atoms. The Labute approximate surface area is 94.9 Å². The molecule has 0 saturated carbocycles. The van der Waals surface area contributed by atoms with E-state index in [1.807, 2.05) is 0 Å². The first-order chi connectivity index (χ1) is 6.66. The molecule has 0 aromatic rings. The van der Waals surface area contributed by atoms with E-state index in [1.54, 1.807) is 0 Å². The van der Waals surface area contributed by atoms with E-state index >= 15 is 0 Å². The van der Waals surface area contributed by atoms with Crippen molar-refractivity contribution < 1.29 is 9.31 Å². The Bertz CT molecular complexity index is 208. The zero-order valence-electron chi connectivity index (χ0n) is 11.3. The van der Waals surface area contributed by atoms with E-state index in [9.17, 15) is 0 Å². The van der Waals surface area contributed by atoms with Crippen molar-refractivity contribution in [1.82, 2.24) is 0 Å². The predicted molar refractivity (Wildman–Crippen MR) is 65.0 cm³/mol. The van der Waals surface area contributed by atoms with Crippen LogP contribution in [-0.2, 0) is 9.31 Å². The molecule has 2 nitrogen and oxygen atoms in total. The van der Waals surface area contributed by atoms with Crippen LogP contribution in [0, 0.1) is 5.92 Å². The standard InChI is InChI=1S/C12H25BO2/c1-9(2)8-10(3)13-14-11(4,5)12(6,7)15-13/h9-10H,8H2,1-7H3/t10-/m0/s1. The molecule has 1 aliphatic heterocycles. The summed E-state index contributed by atoms with van der Waals surface area (Å²) in [5, 5.41) is 0. The molecular weight excluding hydrogens is 187 g/mol. The van der Waals surface area contributed by atoms with Crippen molar-refractivity contribution in [3.05, 3.63) is 0 Å². The zero-order chi connectivity index (χ0) is 11.9. The van der Waals surface area contributed by atoms with Gasteiger partial charge in [-0.2, -0.15) is 0 Å². The van der Waals surface area contributed by atoms with Crippen LogP contribution in [0.1, 0.15) is 54.9 Å². The lowest BCUT2D eigenvalue weighted by atomic mass is 9.69. The molecule has 0 spiro atoms. The van der Waals surface area contributed by atoms with Gasteiger partial charge in [0.25, 0.3) is 0 Å². The van der Waals surface area contributed by atoms with Crippen LogP contribution in [0.5, 0.6) is 0 Å². The summed E-state index contributed by atoms with van der Waals surface area (Å²) < 4.78 is 12.0. The van der Waals surface area contributed by atoms with Crippen LogP contribution in [0.15, 0.2) is 0 Å². The van der Waals surface area contributed by atoms with Crippen molar-refractivity contribution in [2.45, 2.75) is 71.9 Å². The van der Waals surface area contributed by atoms with Gasteiger partial charge in [-0.1, -0.05) is 20.8 Å². The minimum absolute atomic E-state index is 0.0441. The van der Waals surface area contributed by atoms with Gasteiger partial charge in [-0.15, -0.1) is 0 Å². The van der Waals surface area contributed by atoms with Crippen molar-refractivity contribution >= 4 is 7.12 Å². The SMILES string of the molecule is CC(C)C[C@H](C)B1OC(C)(C)C(C)(C)O1. The van der Waals surface area contributed by atoms with Gasteiger partial charge in [0.15, 0.2) is 0 Å². The van der Waals surface area contributed by atoms with Crippen LogP contribution >= 0.6 is 0 Å².